The zero-order valence-corrected chi connectivity index (χ0v) is 14.1. The quantitative estimate of drug-likeness (QED) is 0.805. The molecule has 2 nitrogen and oxygen atoms in total. The van der Waals surface area contributed by atoms with Crippen molar-refractivity contribution in [2.45, 2.75) is 70.9 Å². The third-order valence-corrected chi connectivity index (χ3v) is 6.88. The van der Waals surface area contributed by atoms with Crippen LogP contribution in [0.15, 0.2) is 0 Å². The maximum absolute atomic E-state index is 4.10. The number of hydrogen-bond acceptors (Lipinski definition) is 2. The monoisotopic (exact) mass is 290 g/mol. The number of likely N-dealkylation sites (tertiary alicyclic amines) is 1. The van der Waals surface area contributed by atoms with Gasteiger partial charge in [0.2, 0.25) is 0 Å². The van der Waals surface area contributed by atoms with Crippen LogP contribution in [0.25, 0.3) is 0 Å². The number of nitrogens with zero attached hydrogens (tertiary/aromatic N) is 1. The highest BCUT2D eigenvalue weighted by Crippen LogP contribution is 2.49. The molecule has 0 aromatic heterocycles. The zero-order valence-electron chi connectivity index (χ0n) is 14.1. The van der Waals surface area contributed by atoms with Crippen LogP contribution >= 0.6 is 0 Å². The van der Waals surface area contributed by atoms with Crippen LogP contribution in [0.4, 0.5) is 0 Å². The van der Waals surface area contributed by atoms with Gasteiger partial charge in [-0.15, -0.1) is 0 Å². The first-order chi connectivity index (χ1) is 10.2. The normalized spacial score (nSPS) is 37.4. The van der Waals surface area contributed by atoms with E-state index in [0.717, 1.165) is 41.7 Å². The van der Waals surface area contributed by atoms with Gasteiger partial charge in [0.05, 0.1) is 0 Å². The van der Waals surface area contributed by atoms with Crippen LogP contribution < -0.4 is 5.32 Å². The zero-order chi connectivity index (χ0) is 14.4. The fourth-order valence-electron chi connectivity index (χ4n) is 5.27. The van der Waals surface area contributed by atoms with Gasteiger partial charge in [0.1, 0.15) is 0 Å². The Bertz CT molecular complexity index is 333. The van der Waals surface area contributed by atoms with E-state index < -0.39 is 0 Å². The van der Waals surface area contributed by atoms with Crippen molar-refractivity contribution >= 4 is 0 Å². The Morgan fingerprint density at radius 2 is 1.48 bits per heavy atom. The molecule has 120 valence electrons. The largest absolute Gasteiger partial charge is 0.313 e. The number of hydrogen-bond donors (Lipinski definition) is 1. The lowest BCUT2D eigenvalue weighted by molar-refractivity contribution is 0.0274. The van der Waals surface area contributed by atoms with Crippen LogP contribution in [-0.2, 0) is 0 Å². The van der Waals surface area contributed by atoms with E-state index in [-0.39, 0.29) is 0 Å². The lowest BCUT2D eigenvalue weighted by Crippen LogP contribution is -2.58. The molecule has 1 saturated heterocycles. The van der Waals surface area contributed by atoms with E-state index in [1.807, 2.05) is 0 Å². The molecule has 4 rings (SSSR count). The van der Waals surface area contributed by atoms with Gasteiger partial charge in [-0.2, -0.15) is 0 Å². The number of rotatable bonds is 6. The maximum atomic E-state index is 4.10. The molecular formula is C19H34N2. The van der Waals surface area contributed by atoms with Crippen LogP contribution in [0.3, 0.4) is 0 Å². The van der Waals surface area contributed by atoms with Crippen LogP contribution in [0.1, 0.15) is 58.8 Å². The van der Waals surface area contributed by atoms with Gasteiger partial charge in [-0.3, -0.25) is 0 Å². The highest BCUT2D eigenvalue weighted by atomic mass is 15.2. The molecule has 3 aliphatic carbocycles. The van der Waals surface area contributed by atoms with Crippen molar-refractivity contribution in [3.8, 4) is 0 Å². The third-order valence-electron chi connectivity index (χ3n) is 6.88. The Kier molecular flexibility index (Phi) is 4.04. The van der Waals surface area contributed by atoms with Gasteiger partial charge < -0.3 is 10.2 Å². The Labute approximate surface area is 131 Å². The Hall–Kier alpha value is -0.0800. The molecule has 0 aromatic rings. The molecular weight excluding hydrogens is 256 g/mol. The first-order valence-electron chi connectivity index (χ1n) is 9.70. The lowest BCUT2D eigenvalue weighted by Gasteiger charge is -2.49. The minimum absolute atomic E-state index is 0.736. The summed E-state index contributed by atoms with van der Waals surface area (Å²) in [4.78, 5) is 2.74. The minimum Gasteiger partial charge on any atom is -0.313 e. The van der Waals surface area contributed by atoms with Crippen LogP contribution in [0.2, 0.25) is 0 Å². The van der Waals surface area contributed by atoms with E-state index in [1.54, 1.807) is 0 Å². The first kappa shape index (κ1) is 14.5. The predicted octanol–water partition coefficient (Wildman–Crippen LogP) is 3.52. The fraction of sp³-hybridized carbons (Fsp3) is 1.00. The summed E-state index contributed by atoms with van der Waals surface area (Å²) in [7, 11) is 0. The van der Waals surface area contributed by atoms with Crippen molar-refractivity contribution < 1.29 is 0 Å². The summed E-state index contributed by atoms with van der Waals surface area (Å²) in [6, 6.07) is 1.58. The van der Waals surface area contributed by atoms with Gasteiger partial charge in [0.15, 0.2) is 0 Å². The molecule has 2 heteroatoms. The molecule has 0 amide bonds. The van der Waals surface area contributed by atoms with Crippen LogP contribution in [-0.4, -0.2) is 36.6 Å². The summed E-state index contributed by atoms with van der Waals surface area (Å²) in [5, 5.41) is 4.10. The summed E-state index contributed by atoms with van der Waals surface area (Å²) >= 11 is 0. The van der Waals surface area contributed by atoms with E-state index >= 15 is 0 Å². The Morgan fingerprint density at radius 1 is 0.905 bits per heavy atom. The average molecular weight is 290 g/mol. The van der Waals surface area contributed by atoms with Gasteiger partial charge >= 0.3 is 0 Å². The topological polar surface area (TPSA) is 15.3 Å². The summed E-state index contributed by atoms with van der Waals surface area (Å²) in [6.45, 7) is 8.79. The highest BCUT2D eigenvalue weighted by Gasteiger charge is 2.44. The molecule has 0 aromatic carbocycles. The van der Waals surface area contributed by atoms with E-state index in [1.165, 1.54) is 64.6 Å². The molecule has 2 bridgehead atoms. The third kappa shape index (κ3) is 3.17. The fourth-order valence-corrected chi connectivity index (χ4v) is 5.27. The smallest absolute Gasteiger partial charge is 0.0148 e. The number of piperidine rings is 1. The standard InChI is InChI=1S/C19H34N2/c1-13(2)21-11-16-4-3-5-17(12-21)19(16)20-10-18(14-6-7-14)15-8-9-15/h13-20H,3-12H2,1-2H3. The van der Waals surface area contributed by atoms with Gasteiger partial charge in [-0.05, 0) is 88.5 Å². The molecule has 1 N–H and O–H groups in total. The van der Waals surface area contributed by atoms with E-state index in [2.05, 4.69) is 24.1 Å². The Balaban J connectivity index is 1.36. The highest BCUT2D eigenvalue weighted by molar-refractivity contribution is 4.98. The molecule has 21 heavy (non-hydrogen) atoms. The molecule has 0 radical (unpaired) electrons. The van der Waals surface area contributed by atoms with Crippen molar-refractivity contribution in [2.24, 2.45) is 29.6 Å². The van der Waals surface area contributed by atoms with Gasteiger partial charge in [0.25, 0.3) is 0 Å². The van der Waals surface area contributed by atoms with Crippen molar-refractivity contribution in [1.82, 2.24) is 10.2 Å². The van der Waals surface area contributed by atoms with Crippen LogP contribution in [0.5, 0.6) is 0 Å². The second-order valence-corrected chi connectivity index (χ2v) is 8.77. The summed E-state index contributed by atoms with van der Waals surface area (Å²) in [6.07, 6.45) is 10.5. The summed E-state index contributed by atoms with van der Waals surface area (Å²) < 4.78 is 0. The van der Waals surface area contributed by atoms with Crippen LogP contribution in [0, 0.1) is 29.6 Å². The lowest BCUT2D eigenvalue weighted by atomic mass is 9.73. The molecule has 4 fully saturated rings. The SMILES string of the molecule is CC(C)N1CC2CCCC(C1)C2NCC(C1CC1)C1CC1. The Morgan fingerprint density at radius 3 is 1.95 bits per heavy atom. The van der Waals surface area contributed by atoms with Crippen molar-refractivity contribution in [3.05, 3.63) is 0 Å². The average Bonchev–Trinajstić information content (AvgIpc) is 3.32. The van der Waals surface area contributed by atoms with Gasteiger partial charge in [-0.1, -0.05) is 6.42 Å². The minimum atomic E-state index is 0.736. The predicted molar refractivity (Wildman–Crippen MR) is 88.3 cm³/mol. The summed E-state index contributed by atoms with van der Waals surface area (Å²) in [5.74, 6) is 5.09. The molecule has 1 aliphatic heterocycles. The van der Waals surface area contributed by atoms with E-state index in [4.69, 9.17) is 0 Å². The van der Waals surface area contributed by atoms with Crippen molar-refractivity contribution in [2.75, 3.05) is 19.6 Å². The van der Waals surface area contributed by atoms with Gasteiger partial charge in [0, 0.05) is 25.2 Å². The molecule has 2 atom stereocenters. The molecule has 0 spiro atoms. The molecule has 1 heterocycles. The maximum Gasteiger partial charge on any atom is 0.0148 e. The summed E-state index contributed by atoms with van der Waals surface area (Å²) in [5.41, 5.74) is 0. The van der Waals surface area contributed by atoms with Crippen molar-refractivity contribution in [1.29, 1.82) is 0 Å². The first-order valence-corrected chi connectivity index (χ1v) is 9.70. The number of fused-ring (bicyclic) bond motifs is 2. The second-order valence-electron chi connectivity index (χ2n) is 8.77. The van der Waals surface area contributed by atoms with E-state index in [0.29, 0.717) is 0 Å². The molecule has 3 saturated carbocycles. The van der Waals surface area contributed by atoms with Crippen molar-refractivity contribution in [3.63, 3.8) is 0 Å². The number of nitrogens with one attached hydrogen (secondary N) is 1. The van der Waals surface area contributed by atoms with E-state index in [9.17, 15) is 0 Å². The molecule has 4 aliphatic rings. The second kappa shape index (κ2) is 5.85. The molecule has 2 unspecified atom stereocenters. The van der Waals surface area contributed by atoms with Gasteiger partial charge in [-0.25, -0.2) is 0 Å².